The Kier molecular flexibility index (Phi) is 4.29. The molecular formula is C10H15Cl3N2O2. The van der Waals surface area contributed by atoms with Gasteiger partial charge in [0.2, 0.25) is 3.79 Å². The SMILES string of the molecule is O=C(NC1CC2CCC(C1)N2)OCC(Cl)(Cl)Cl. The molecule has 2 aliphatic rings. The minimum absolute atomic E-state index is 0.164. The second-order valence-electron chi connectivity index (χ2n) is 4.64. The van der Waals surface area contributed by atoms with E-state index in [1.165, 1.54) is 12.8 Å². The Morgan fingerprint density at radius 3 is 2.41 bits per heavy atom. The summed E-state index contributed by atoms with van der Waals surface area (Å²) in [6.07, 6.45) is 3.75. The van der Waals surface area contributed by atoms with Gasteiger partial charge in [0.25, 0.3) is 0 Å². The minimum Gasteiger partial charge on any atom is -0.445 e. The summed E-state index contributed by atoms with van der Waals surface area (Å²) in [7, 11) is 0. The fraction of sp³-hybridized carbons (Fsp3) is 0.900. The smallest absolute Gasteiger partial charge is 0.407 e. The number of amides is 1. The third-order valence-electron chi connectivity index (χ3n) is 3.16. The first-order chi connectivity index (χ1) is 7.92. The molecule has 2 fully saturated rings. The average Bonchev–Trinajstić information content (AvgIpc) is 2.54. The molecule has 0 aromatic rings. The van der Waals surface area contributed by atoms with Crippen molar-refractivity contribution in [2.75, 3.05) is 6.61 Å². The molecule has 0 spiro atoms. The molecule has 0 aromatic heterocycles. The highest BCUT2D eigenvalue weighted by molar-refractivity contribution is 6.67. The van der Waals surface area contributed by atoms with E-state index < -0.39 is 9.89 Å². The summed E-state index contributed by atoms with van der Waals surface area (Å²) in [6.45, 7) is -0.235. The molecule has 98 valence electrons. The van der Waals surface area contributed by atoms with E-state index in [9.17, 15) is 4.79 Å². The molecule has 0 radical (unpaired) electrons. The van der Waals surface area contributed by atoms with Crippen LogP contribution >= 0.6 is 34.8 Å². The zero-order chi connectivity index (χ0) is 12.5. The number of alkyl carbamates (subject to hydrolysis) is 1. The summed E-state index contributed by atoms with van der Waals surface area (Å²) in [5, 5.41) is 6.31. The van der Waals surface area contributed by atoms with Gasteiger partial charge in [-0.1, -0.05) is 34.8 Å². The van der Waals surface area contributed by atoms with Gasteiger partial charge in [-0.3, -0.25) is 0 Å². The lowest BCUT2D eigenvalue weighted by atomic mass is 10.0. The van der Waals surface area contributed by atoms with Crippen LogP contribution in [0.3, 0.4) is 0 Å². The average molecular weight is 302 g/mol. The van der Waals surface area contributed by atoms with Crippen molar-refractivity contribution in [2.45, 2.75) is 47.6 Å². The number of hydrogen-bond donors (Lipinski definition) is 2. The number of alkyl halides is 3. The van der Waals surface area contributed by atoms with Crippen molar-refractivity contribution >= 4 is 40.9 Å². The third kappa shape index (κ3) is 4.36. The van der Waals surface area contributed by atoms with Crippen LogP contribution in [0.5, 0.6) is 0 Å². The molecule has 2 N–H and O–H groups in total. The van der Waals surface area contributed by atoms with Gasteiger partial charge in [-0.2, -0.15) is 0 Å². The zero-order valence-corrected chi connectivity index (χ0v) is 11.5. The summed E-state index contributed by atoms with van der Waals surface area (Å²) in [5.41, 5.74) is 0. The van der Waals surface area contributed by atoms with Crippen LogP contribution in [-0.4, -0.2) is 34.6 Å². The normalized spacial score (nSPS) is 32.3. The summed E-state index contributed by atoms with van der Waals surface area (Å²) in [5.74, 6) is 0. The highest BCUT2D eigenvalue weighted by atomic mass is 35.6. The van der Waals surface area contributed by atoms with Crippen LogP contribution in [0.25, 0.3) is 0 Å². The second kappa shape index (κ2) is 5.39. The lowest BCUT2D eigenvalue weighted by molar-refractivity contribution is 0.140. The van der Waals surface area contributed by atoms with E-state index in [-0.39, 0.29) is 12.6 Å². The number of halogens is 3. The number of hydrogen-bond acceptors (Lipinski definition) is 3. The van der Waals surface area contributed by atoms with Crippen LogP contribution in [-0.2, 0) is 4.74 Å². The predicted molar refractivity (Wildman–Crippen MR) is 67.7 cm³/mol. The molecule has 4 nitrogen and oxygen atoms in total. The van der Waals surface area contributed by atoms with Crippen LogP contribution < -0.4 is 10.6 Å². The zero-order valence-electron chi connectivity index (χ0n) is 9.22. The van der Waals surface area contributed by atoms with Crippen molar-refractivity contribution in [3.05, 3.63) is 0 Å². The van der Waals surface area contributed by atoms with Gasteiger partial charge >= 0.3 is 6.09 Å². The summed E-state index contributed by atoms with van der Waals surface area (Å²) in [6, 6.07) is 1.20. The number of fused-ring (bicyclic) bond motifs is 2. The number of nitrogens with one attached hydrogen (secondary N) is 2. The maximum Gasteiger partial charge on any atom is 0.407 e. The van der Waals surface area contributed by atoms with Gasteiger partial charge in [-0.25, -0.2) is 4.79 Å². The fourth-order valence-corrected chi connectivity index (χ4v) is 2.69. The van der Waals surface area contributed by atoms with Gasteiger partial charge in [-0.05, 0) is 25.7 Å². The van der Waals surface area contributed by atoms with Crippen molar-refractivity contribution in [2.24, 2.45) is 0 Å². The Labute approximate surface area is 115 Å². The van der Waals surface area contributed by atoms with Gasteiger partial charge in [0.15, 0.2) is 0 Å². The molecule has 0 aliphatic carbocycles. The lowest BCUT2D eigenvalue weighted by Gasteiger charge is -2.29. The van der Waals surface area contributed by atoms with Gasteiger partial charge in [0.05, 0.1) is 0 Å². The number of ether oxygens (including phenoxy) is 1. The fourth-order valence-electron chi connectivity index (χ4n) is 2.53. The summed E-state index contributed by atoms with van der Waals surface area (Å²) >= 11 is 16.5. The van der Waals surface area contributed by atoms with Gasteiger partial charge in [-0.15, -0.1) is 0 Å². The topological polar surface area (TPSA) is 50.4 Å². The van der Waals surface area contributed by atoms with Crippen LogP contribution in [0.4, 0.5) is 4.79 Å². The van der Waals surface area contributed by atoms with E-state index in [4.69, 9.17) is 39.5 Å². The van der Waals surface area contributed by atoms with Crippen molar-refractivity contribution in [1.82, 2.24) is 10.6 Å². The van der Waals surface area contributed by atoms with E-state index in [0.29, 0.717) is 12.1 Å². The van der Waals surface area contributed by atoms with E-state index in [2.05, 4.69) is 10.6 Å². The van der Waals surface area contributed by atoms with Crippen molar-refractivity contribution in [1.29, 1.82) is 0 Å². The van der Waals surface area contributed by atoms with Gasteiger partial charge in [0.1, 0.15) is 6.61 Å². The lowest BCUT2D eigenvalue weighted by Crippen LogP contribution is -2.48. The van der Waals surface area contributed by atoms with Crippen molar-refractivity contribution in [3.63, 3.8) is 0 Å². The molecule has 1 amide bonds. The Hall–Kier alpha value is 0.1000. The van der Waals surface area contributed by atoms with Gasteiger partial charge in [0, 0.05) is 18.1 Å². The van der Waals surface area contributed by atoms with E-state index >= 15 is 0 Å². The molecular weight excluding hydrogens is 286 g/mol. The molecule has 7 heteroatoms. The number of carbonyl (C=O) groups is 1. The first-order valence-electron chi connectivity index (χ1n) is 5.68. The molecule has 0 aromatic carbocycles. The Morgan fingerprint density at radius 2 is 1.88 bits per heavy atom. The van der Waals surface area contributed by atoms with Crippen LogP contribution in [0, 0.1) is 0 Å². The molecule has 2 bridgehead atoms. The Bertz CT molecular complexity index is 284. The molecule has 2 aliphatic heterocycles. The first kappa shape index (κ1) is 13.5. The highest BCUT2D eigenvalue weighted by Crippen LogP contribution is 2.27. The highest BCUT2D eigenvalue weighted by Gasteiger charge is 2.34. The summed E-state index contributed by atoms with van der Waals surface area (Å²) in [4.78, 5) is 11.5. The van der Waals surface area contributed by atoms with Gasteiger partial charge < -0.3 is 15.4 Å². The molecule has 2 atom stereocenters. The first-order valence-corrected chi connectivity index (χ1v) is 6.82. The monoisotopic (exact) mass is 300 g/mol. The minimum atomic E-state index is -1.55. The van der Waals surface area contributed by atoms with E-state index in [1.807, 2.05) is 0 Å². The largest absolute Gasteiger partial charge is 0.445 e. The molecule has 2 saturated heterocycles. The quantitative estimate of drug-likeness (QED) is 0.770. The molecule has 2 heterocycles. The van der Waals surface area contributed by atoms with Crippen LogP contribution in [0.15, 0.2) is 0 Å². The number of rotatable bonds is 2. The maximum atomic E-state index is 11.5. The number of piperidine rings is 1. The van der Waals surface area contributed by atoms with E-state index in [1.54, 1.807) is 0 Å². The van der Waals surface area contributed by atoms with Crippen LogP contribution in [0.2, 0.25) is 0 Å². The van der Waals surface area contributed by atoms with E-state index in [0.717, 1.165) is 12.8 Å². The van der Waals surface area contributed by atoms with Crippen molar-refractivity contribution < 1.29 is 9.53 Å². The Morgan fingerprint density at radius 1 is 1.29 bits per heavy atom. The molecule has 2 unspecified atom stereocenters. The Balaban J connectivity index is 1.72. The maximum absolute atomic E-state index is 11.5. The second-order valence-corrected chi connectivity index (χ2v) is 7.16. The van der Waals surface area contributed by atoms with Crippen molar-refractivity contribution in [3.8, 4) is 0 Å². The molecule has 0 saturated carbocycles. The molecule has 17 heavy (non-hydrogen) atoms. The third-order valence-corrected chi connectivity index (χ3v) is 3.49. The molecule has 2 rings (SSSR count). The summed E-state index contributed by atoms with van der Waals surface area (Å²) < 4.78 is 3.28. The number of carbonyl (C=O) groups excluding carboxylic acids is 1. The predicted octanol–water partition coefficient (Wildman–Crippen LogP) is 2.37. The standard InChI is InChI=1S/C10H15Cl3N2O2/c11-10(12,13)5-17-9(16)15-8-3-6-1-2-7(4-8)14-6/h6-8,14H,1-5H2,(H,15,16). The van der Waals surface area contributed by atoms with Crippen LogP contribution in [0.1, 0.15) is 25.7 Å².